The van der Waals surface area contributed by atoms with Crippen molar-refractivity contribution in [2.45, 2.75) is 13.5 Å². The highest BCUT2D eigenvalue weighted by molar-refractivity contribution is 6.31. The monoisotopic (exact) mass is 403 g/mol. The molecule has 29 heavy (non-hydrogen) atoms. The largest absolute Gasteiger partial charge is 0.489 e. The van der Waals surface area contributed by atoms with Crippen molar-refractivity contribution in [3.05, 3.63) is 106 Å². The van der Waals surface area contributed by atoms with Crippen molar-refractivity contribution in [1.29, 1.82) is 0 Å². The van der Waals surface area contributed by atoms with Gasteiger partial charge in [0.1, 0.15) is 12.4 Å². The van der Waals surface area contributed by atoms with Crippen LogP contribution in [0.4, 0.5) is 0 Å². The number of esters is 1. The van der Waals surface area contributed by atoms with Crippen molar-refractivity contribution in [2.75, 3.05) is 0 Å². The molecule has 0 aliphatic carbocycles. The van der Waals surface area contributed by atoms with Crippen molar-refractivity contribution >= 4 is 29.5 Å². The molecule has 0 amide bonds. The summed E-state index contributed by atoms with van der Waals surface area (Å²) in [5.41, 5.74) is 3.93. The molecule has 1 aliphatic rings. The Balaban J connectivity index is 1.46. The third-order valence-electron chi connectivity index (χ3n) is 4.45. The van der Waals surface area contributed by atoms with Gasteiger partial charge in [0.2, 0.25) is 5.90 Å². The van der Waals surface area contributed by atoms with Crippen LogP contribution in [0.2, 0.25) is 5.02 Å². The van der Waals surface area contributed by atoms with Crippen LogP contribution in [0.5, 0.6) is 5.75 Å². The van der Waals surface area contributed by atoms with E-state index < -0.39 is 5.97 Å². The number of aryl methyl sites for hydroxylation is 1. The van der Waals surface area contributed by atoms with Crippen LogP contribution < -0.4 is 4.74 Å². The molecule has 3 aromatic carbocycles. The number of rotatable bonds is 5. The Kier molecular flexibility index (Phi) is 5.45. The first kappa shape index (κ1) is 19.0. The summed E-state index contributed by atoms with van der Waals surface area (Å²) in [5.74, 6) is 0.575. The second-order valence-electron chi connectivity index (χ2n) is 6.65. The molecule has 144 valence electrons. The molecule has 5 heteroatoms. The van der Waals surface area contributed by atoms with Gasteiger partial charge in [-0.05, 0) is 48.9 Å². The number of benzene rings is 3. The van der Waals surface area contributed by atoms with Crippen LogP contribution >= 0.6 is 11.6 Å². The number of aliphatic imine (C=N–C) groups is 1. The highest BCUT2D eigenvalue weighted by atomic mass is 35.5. The molecule has 4 rings (SSSR count). The van der Waals surface area contributed by atoms with Crippen LogP contribution in [0.25, 0.3) is 6.08 Å². The summed E-state index contributed by atoms with van der Waals surface area (Å²) < 4.78 is 11.1. The minimum atomic E-state index is -0.459. The molecule has 0 unspecified atom stereocenters. The lowest BCUT2D eigenvalue weighted by atomic mass is 10.1. The Labute approximate surface area is 174 Å². The van der Waals surface area contributed by atoms with Gasteiger partial charge in [0, 0.05) is 16.1 Å². The van der Waals surface area contributed by atoms with E-state index in [-0.39, 0.29) is 5.70 Å². The van der Waals surface area contributed by atoms with E-state index >= 15 is 0 Å². The van der Waals surface area contributed by atoms with Gasteiger partial charge in [0.25, 0.3) is 0 Å². The molecule has 1 heterocycles. The summed E-state index contributed by atoms with van der Waals surface area (Å²) in [6, 6.07) is 22.7. The Hall–Kier alpha value is -3.37. The van der Waals surface area contributed by atoms with Gasteiger partial charge in [0.15, 0.2) is 5.70 Å². The maximum Gasteiger partial charge on any atom is 0.363 e. The van der Waals surface area contributed by atoms with Gasteiger partial charge in [0.05, 0.1) is 0 Å². The normalized spacial score (nSPS) is 14.6. The zero-order valence-electron chi connectivity index (χ0n) is 15.8. The lowest BCUT2D eigenvalue weighted by Crippen LogP contribution is -2.05. The van der Waals surface area contributed by atoms with Gasteiger partial charge >= 0.3 is 5.97 Å². The smallest absolute Gasteiger partial charge is 0.363 e. The summed E-state index contributed by atoms with van der Waals surface area (Å²) in [7, 11) is 0. The molecule has 0 N–H and O–H groups in total. The minimum Gasteiger partial charge on any atom is -0.489 e. The van der Waals surface area contributed by atoms with Gasteiger partial charge in [-0.1, -0.05) is 59.6 Å². The van der Waals surface area contributed by atoms with E-state index in [0.29, 0.717) is 23.3 Å². The first-order chi connectivity index (χ1) is 14.1. The van der Waals surface area contributed by atoms with Crippen molar-refractivity contribution in [1.82, 2.24) is 0 Å². The zero-order chi connectivity index (χ0) is 20.2. The van der Waals surface area contributed by atoms with Crippen LogP contribution in [-0.4, -0.2) is 11.9 Å². The summed E-state index contributed by atoms with van der Waals surface area (Å²) in [4.78, 5) is 16.5. The number of halogens is 1. The van der Waals surface area contributed by atoms with Crippen molar-refractivity contribution in [3.63, 3.8) is 0 Å². The average molecular weight is 404 g/mol. The Morgan fingerprint density at radius 1 is 1.00 bits per heavy atom. The van der Waals surface area contributed by atoms with Gasteiger partial charge in [-0.3, -0.25) is 0 Å². The Bertz CT molecular complexity index is 1100. The first-order valence-corrected chi connectivity index (χ1v) is 9.52. The summed E-state index contributed by atoms with van der Waals surface area (Å²) in [6.45, 7) is 2.38. The topological polar surface area (TPSA) is 47.9 Å². The predicted molar refractivity (Wildman–Crippen MR) is 114 cm³/mol. The van der Waals surface area contributed by atoms with Gasteiger partial charge < -0.3 is 9.47 Å². The summed E-state index contributed by atoms with van der Waals surface area (Å²) in [5, 5.41) is 0.677. The number of hydrogen-bond donors (Lipinski definition) is 0. The average Bonchev–Trinajstić information content (AvgIpc) is 3.09. The fourth-order valence-electron chi connectivity index (χ4n) is 2.82. The fourth-order valence-corrected chi connectivity index (χ4v) is 3.01. The third kappa shape index (κ3) is 4.55. The van der Waals surface area contributed by atoms with Crippen LogP contribution in [-0.2, 0) is 16.1 Å². The van der Waals surface area contributed by atoms with E-state index in [9.17, 15) is 4.79 Å². The molecule has 1 aliphatic heterocycles. The molecular weight excluding hydrogens is 386 g/mol. The molecule has 0 spiro atoms. The maximum atomic E-state index is 12.1. The van der Waals surface area contributed by atoms with Crippen molar-refractivity contribution in [2.24, 2.45) is 4.99 Å². The van der Waals surface area contributed by atoms with Crippen LogP contribution in [0.15, 0.2) is 83.5 Å². The first-order valence-electron chi connectivity index (χ1n) is 9.14. The predicted octanol–water partition coefficient (Wildman–Crippen LogP) is 5.57. The van der Waals surface area contributed by atoms with E-state index in [1.807, 2.05) is 79.7 Å². The molecule has 0 atom stereocenters. The van der Waals surface area contributed by atoms with Crippen LogP contribution in [0.1, 0.15) is 22.3 Å². The van der Waals surface area contributed by atoms with Gasteiger partial charge in [-0.25, -0.2) is 9.79 Å². The molecule has 0 saturated carbocycles. The molecule has 4 nitrogen and oxygen atoms in total. The van der Waals surface area contributed by atoms with Gasteiger partial charge in [-0.15, -0.1) is 0 Å². The van der Waals surface area contributed by atoms with Crippen LogP contribution in [0.3, 0.4) is 0 Å². The zero-order valence-corrected chi connectivity index (χ0v) is 16.5. The lowest BCUT2D eigenvalue weighted by molar-refractivity contribution is -0.129. The number of hydrogen-bond acceptors (Lipinski definition) is 4. The number of nitrogens with zero attached hydrogens (tertiary/aromatic N) is 1. The number of carbonyl (C=O) groups excluding carboxylic acids is 1. The molecular formula is C24H18ClNO3. The Morgan fingerprint density at radius 3 is 2.45 bits per heavy atom. The van der Waals surface area contributed by atoms with E-state index in [1.54, 1.807) is 6.08 Å². The highest BCUT2D eigenvalue weighted by Crippen LogP contribution is 2.22. The van der Waals surface area contributed by atoms with E-state index in [1.165, 1.54) is 0 Å². The van der Waals surface area contributed by atoms with E-state index in [4.69, 9.17) is 21.1 Å². The van der Waals surface area contributed by atoms with Crippen molar-refractivity contribution in [3.8, 4) is 5.75 Å². The minimum absolute atomic E-state index is 0.269. The third-order valence-corrected chi connectivity index (χ3v) is 4.82. The lowest BCUT2D eigenvalue weighted by Gasteiger charge is -2.07. The molecule has 0 saturated heterocycles. The Morgan fingerprint density at radius 2 is 1.72 bits per heavy atom. The van der Waals surface area contributed by atoms with E-state index in [0.717, 1.165) is 22.3 Å². The molecule has 3 aromatic rings. The van der Waals surface area contributed by atoms with E-state index in [2.05, 4.69) is 4.99 Å². The second kappa shape index (κ2) is 8.33. The van der Waals surface area contributed by atoms with Crippen molar-refractivity contribution < 1.29 is 14.3 Å². The summed E-state index contributed by atoms with van der Waals surface area (Å²) >= 11 is 6.14. The quantitative estimate of drug-likeness (QED) is 0.413. The molecule has 0 aromatic heterocycles. The number of cyclic esters (lactones) is 1. The highest BCUT2D eigenvalue weighted by Gasteiger charge is 2.23. The molecule has 0 radical (unpaired) electrons. The number of ether oxygens (including phenoxy) is 2. The maximum absolute atomic E-state index is 12.1. The standard InChI is InChI=1S/C24H18ClNO3/c1-16-6-10-18(11-7-16)23-26-22(24(27)29-23)14-17-8-12-20(13-9-17)28-15-19-4-2-3-5-21(19)25/h2-14H,15H2,1H3/b22-14+. The molecule has 0 bridgehead atoms. The van der Waals surface area contributed by atoms with Gasteiger partial charge in [-0.2, -0.15) is 0 Å². The SMILES string of the molecule is Cc1ccc(C2=N/C(=C/c3ccc(OCc4ccccc4Cl)cc3)C(=O)O2)cc1. The number of carbonyl (C=O) groups is 1. The summed E-state index contributed by atoms with van der Waals surface area (Å²) in [6.07, 6.45) is 1.70. The fraction of sp³-hybridized carbons (Fsp3) is 0.0833. The molecule has 0 fully saturated rings. The second-order valence-corrected chi connectivity index (χ2v) is 7.06. The van der Waals surface area contributed by atoms with Crippen LogP contribution in [0, 0.1) is 6.92 Å².